The first-order valence-corrected chi connectivity index (χ1v) is 14.7. The van der Waals surface area contributed by atoms with Gasteiger partial charge in [0.1, 0.15) is 30.8 Å². The molecule has 0 fully saturated rings. The van der Waals surface area contributed by atoms with Crippen LogP contribution in [0.2, 0.25) is 5.02 Å². The highest BCUT2D eigenvalue weighted by Gasteiger charge is 2.24. The number of rotatable bonds is 13. The first-order valence-electron chi connectivity index (χ1n) is 11.9. The summed E-state index contributed by atoms with van der Waals surface area (Å²) in [5, 5.41) is 0.0956. The minimum absolute atomic E-state index is 0.0136. The van der Waals surface area contributed by atoms with Crippen LogP contribution in [0.25, 0.3) is 0 Å². The van der Waals surface area contributed by atoms with E-state index in [1.165, 1.54) is 44.2 Å². The molecule has 1 aromatic carbocycles. The summed E-state index contributed by atoms with van der Waals surface area (Å²) in [6, 6.07) is 4.00. The zero-order valence-electron chi connectivity index (χ0n) is 21.6. The minimum Gasteiger partial charge on any atom is -0.488 e. The van der Waals surface area contributed by atoms with Crippen LogP contribution < -0.4 is 4.74 Å². The Balaban J connectivity index is 1.69. The molecule has 0 saturated heterocycles. The summed E-state index contributed by atoms with van der Waals surface area (Å²) >= 11 is 18.5. The lowest BCUT2D eigenvalue weighted by molar-refractivity contribution is -0.149. The third-order valence-corrected chi connectivity index (χ3v) is 8.03. The molecule has 0 aliphatic heterocycles. The number of sulfone groups is 1. The van der Waals surface area contributed by atoms with Gasteiger partial charge >= 0.3 is 11.9 Å². The van der Waals surface area contributed by atoms with Crippen molar-refractivity contribution >= 4 is 56.6 Å². The van der Waals surface area contributed by atoms with Crippen molar-refractivity contribution in [3.05, 3.63) is 75.9 Å². The highest BCUT2D eigenvalue weighted by Crippen LogP contribution is 2.33. The van der Waals surface area contributed by atoms with Crippen molar-refractivity contribution in [2.45, 2.75) is 43.9 Å². The van der Waals surface area contributed by atoms with E-state index in [4.69, 9.17) is 53.8 Å². The van der Waals surface area contributed by atoms with Crippen LogP contribution in [0.15, 0.2) is 75.7 Å². The first kappa shape index (κ1) is 31.5. The van der Waals surface area contributed by atoms with Gasteiger partial charge < -0.3 is 23.5 Å². The van der Waals surface area contributed by atoms with E-state index in [0.717, 1.165) is 0 Å². The van der Waals surface area contributed by atoms with Crippen LogP contribution in [-0.2, 0) is 40.2 Å². The van der Waals surface area contributed by atoms with Gasteiger partial charge in [0.15, 0.2) is 6.10 Å². The van der Waals surface area contributed by atoms with Crippen molar-refractivity contribution in [1.82, 2.24) is 9.55 Å². The quantitative estimate of drug-likeness (QED) is 0.226. The van der Waals surface area contributed by atoms with Gasteiger partial charge in [-0.2, -0.15) is 0 Å². The number of imidazole rings is 1. The number of carbonyl (C=O) groups excluding carboxylic acids is 2. The summed E-state index contributed by atoms with van der Waals surface area (Å²) < 4.78 is 50.2. The topological polar surface area (TPSA) is 123 Å². The second kappa shape index (κ2) is 14.6. The molecule has 1 aromatic heterocycles. The molecule has 2 aromatic rings. The SMILES string of the molecule is CC(=O)O[C@@H](CCl)COc1ccc(S(=O)(=O)C2=CCC=C(OC[C@@H](Cn3ccnc3)OC(C)=O)C(Cl)=C2)cc1Cl. The normalized spacial score (nSPS) is 15.1. The molecule has 0 unspecified atom stereocenters. The molecule has 0 spiro atoms. The Morgan fingerprint density at radius 1 is 1.05 bits per heavy atom. The fourth-order valence-electron chi connectivity index (χ4n) is 3.55. The summed E-state index contributed by atoms with van der Waals surface area (Å²) in [4.78, 5) is 26.5. The van der Waals surface area contributed by atoms with Crippen molar-refractivity contribution in [1.29, 1.82) is 0 Å². The zero-order chi connectivity index (χ0) is 29.3. The third kappa shape index (κ3) is 9.02. The second-order valence-electron chi connectivity index (χ2n) is 8.50. The number of allylic oxidation sites excluding steroid dienone is 4. The number of aromatic nitrogens is 2. The molecular weight excluding hydrogens is 607 g/mol. The molecule has 40 heavy (non-hydrogen) atoms. The van der Waals surface area contributed by atoms with Gasteiger partial charge in [0.2, 0.25) is 9.84 Å². The number of halogens is 3. The minimum atomic E-state index is -4.01. The Kier molecular flexibility index (Phi) is 11.5. The maximum atomic E-state index is 13.4. The van der Waals surface area contributed by atoms with E-state index in [2.05, 4.69) is 4.98 Å². The van der Waals surface area contributed by atoms with E-state index in [-0.39, 0.29) is 56.9 Å². The van der Waals surface area contributed by atoms with Gasteiger partial charge in [0, 0.05) is 26.2 Å². The number of ether oxygens (including phenoxy) is 4. The number of hydrogen-bond donors (Lipinski definition) is 0. The van der Waals surface area contributed by atoms with Gasteiger partial charge in [0.05, 0.1) is 38.6 Å². The maximum Gasteiger partial charge on any atom is 0.303 e. The van der Waals surface area contributed by atoms with E-state index in [0.29, 0.717) is 6.54 Å². The Morgan fingerprint density at radius 2 is 1.75 bits per heavy atom. The van der Waals surface area contributed by atoms with E-state index in [9.17, 15) is 18.0 Å². The second-order valence-corrected chi connectivity index (χ2v) is 11.6. The van der Waals surface area contributed by atoms with Crippen molar-refractivity contribution in [2.24, 2.45) is 0 Å². The monoisotopic (exact) mass is 632 g/mol. The Morgan fingerprint density at radius 3 is 2.38 bits per heavy atom. The smallest absolute Gasteiger partial charge is 0.303 e. The lowest BCUT2D eigenvalue weighted by Crippen LogP contribution is -2.27. The lowest BCUT2D eigenvalue weighted by Gasteiger charge is -2.19. The summed E-state index contributed by atoms with van der Waals surface area (Å²) in [7, 11) is -4.01. The lowest BCUT2D eigenvalue weighted by atomic mass is 10.3. The van der Waals surface area contributed by atoms with Crippen LogP contribution >= 0.6 is 34.8 Å². The summed E-state index contributed by atoms with van der Waals surface area (Å²) in [6.45, 7) is 2.78. The first-order chi connectivity index (χ1) is 19.0. The molecule has 3 rings (SSSR count). The van der Waals surface area contributed by atoms with Crippen molar-refractivity contribution in [3.8, 4) is 5.75 Å². The number of nitrogens with zero attached hydrogens (tertiary/aromatic N) is 2. The Labute approximate surface area is 247 Å². The van der Waals surface area contributed by atoms with Gasteiger partial charge in [-0.1, -0.05) is 29.3 Å². The highest BCUT2D eigenvalue weighted by molar-refractivity contribution is 7.95. The molecule has 0 saturated carbocycles. The third-order valence-electron chi connectivity index (χ3n) is 5.31. The van der Waals surface area contributed by atoms with Gasteiger partial charge in [-0.15, -0.1) is 11.6 Å². The average Bonchev–Trinajstić information content (AvgIpc) is 3.32. The molecule has 2 atom stereocenters. The number of benzene rings is 1. The zero-order valence-corrected chi connectivity index (χ0v) is 24.7. The molecule has 14 heteroatoms. The molecule has 1 heterocycles. The van der Waals surface area contributed by atoms with Gasteiger partial charge in [-0.3, -0.25) is 9.59 Å². The van der Waals surface area contributed by atoms with E-state index in [1.54, 1.807) is 29.4 Å². The Hall–Kier alpha value is -2.99. The number of esters is 2. The number of hydrogen-bond acceptors (Lipinski definition) is 9. The van der Waals surface area contributed by atoms with E-state index >= 15 is 0 Å². The van der Waals surface area contributed by atoms with Gasteiger partial charge in [-0.25, -0.2) is 13.4 Å². The molecule has 10 nitrogen and oxygen atoms in total. The molecular formula is C26H27Cl3N2O8S. The molecule has 0 amide bonds. The van der Waals surface area contributed by atoms with Crippen LogP contribution in [0.3, 0.4) is 0 Å². The van der Waals surface area contributed by atoms with Crippen LogP contribution in [0, 0.1) is 0 Å². The van der Waals surface area contributed by atoms with Crippen molar-refractivity contribution in [3.63, 3.8) is 0 Å². The number of alkyl halides is 1. The molecule has 0 radical (unpaired) electrons. The van der Waals surface area contributed by atoms with Gasteiger partial charge in [0.25, 0.3) is 0 Å². The van der Waals surface area contributed by atoms with Crippen molar-refractivity contribution < 1.29 is 37.0 Å². The fraction of sp³-hybridized carbons (Fsp3) is 0.346. The molecule has 0 bridgehead atoms. The van der Waals surface area contributed by atoms with E-state index in [1.807, 2.05) is 0 Å². The summed E-state index contributed by atoms with van der Waals surface area (Å²) in [6.07, 6.45) is 8.20. The molecule has 1 aliphatic rings. The Bertz CT molecular complexity index is 1400. The van der Waals surface area contributed by atoms with Crippen LogP contribution in [-0.4, -0.2) is 61.2 Å². The van der Waals surface area contributed by atoms with Crippen molar-refractivity contribution in [2.75, 3.05) is 19.1 Å². The largest absolute Gasteiger partial charge is 0.488 e. The molecule has 0 N–H and O–H groups in total. The maximum absolute atomic E-state index is 13.4. The van der Waals surface area contributed by atoms with E-state index < -0.39 is 34.0 Å². The predicted molar refractivity (Wildman–Crippen MR) is 149 cm³/mol. The highest BCUT2D eigenvalue weighted by atomic mass is 35.5. The average molecular weight is 634 g/mol. The summed E-state index contributed by atoms with van der Waals surface area (Å²) in [5.41, 5.74) is 0. The standard InChI is InChI=1S/C26H27Cl3N2O8S/c1-17(32)38-19(12-27)14-36-26-7-6-22(11-24(26)29)40(34,35)21-4-3-5-25(23(28)10-21)37-15-20(39-18(2)33)13-31-9-8-30-16-31/h4-11,16,19-20H,3,12-15H2,1-2H3/t19-,20+/m0/s1. The van der Waals surface area contributed by atoms with Gasteiger partial charge in [-0.05, 0) is 36.8 Å². The van der Waals surface area contributed by atoms with Crippen LogP contribution in [0.4, 0.5) is 0 Å². The van der Waals surface area contributed by atoms with Crippen LogP contribution in [0.5, 0.6) is 5.75 Å². The molecule has 216 valence electrons. The number of carbonyl (C=O) groups is 2. The van der Waals surface area contributed by atoms with Crippen LogP contribution in [0.1, 0.15) is 20.3 Å². The fourth-order valence-corrected chi connectivity index (χ4v) is 5.70. The molecule has 1 aliphatic carbocycles. The predicted octanol–water partition coefficient (Wildman–Crippen LogP) is 4.80. The summed E-state index contributed by atoms with van der Waals surface area (Å²) in [5.74, 6) is -0.527.